The van der Waals surface area contributed by atoms with Crippen LogP contribution in [0.3, 0.4) is 0 Å². The summed E-state index contributed by atoms with van der Waals surface area (Å²) in [5.74, 6) is -0.0435. The fourth-order valence-electron chi connectivity index (χ4n) is 2.23. The van der Waals surface area contributed by atoms with Gasteiger partial charge in [-0.2, -0.15) is 13.5 Å². The third-order valence-electron chi connectivity index (χ3n) is 3.32. The number of ether oxygens (including phenoxy) is 2. The summed E-state index contributed by atoms with van der Waals surface area (Å²) in [7, 11) is 0. The van der Waals surface area contributed by atoms with E-state index >= 15 is 0 Å². The van der Waals surface area contributed by atoms with E-state index < -0.39 is 12.7 Å². The number of pyridine rings is 1. The van der Waals surface area contributed by atoms with E-state index in [1.165, 1.54) is 18.2 Å². The lowest BCUT2D eigenvalue weighted by molar-refractivity contribution is -0.605. The zero-order chi connectivity index (χ0) is 18.6. The summed E-state index contributed by atoms with van der Waals surface area (Å²) in [5.41, 5.74) is 0.796. The molecule has 1 heterocycles. The van der Waals surface area contributed by atoms with Crippen molar-refractivity contribution in [1.29, 1.82) is 0 Å². The first-order valence-electron chi connectivity index (χ1n) is 7.28. The third-order valence-corrected chi connectivity index (χ3v) is 3.98. The van der Waals surface area contributed by atoms with E-state index in [4.69, 9.17) is 27.9 Å². The van der Waals surface area contributed by atoms with Crippen LogP contribution < -0.4 is 14.2 Å². The molecular formula is C16H15Cl2F2NO4. The molecule has 2 rings (SSSR count). The van der Waals surface area contributed by atoms with Crippen molar-refractivity contribution in [1.82, 2.24) is 0 Å². The van der Waals surface area contributed by atoms with Gasteiger partial charge in [0, 0.05) is 12.0 Å². The normalized spacial score (nSPS) is 12.3. The summed E-state index contributed by atoms with van der Waals surface area (Å²) in [6.07, 6.45) is 1.23. The molecule has 1 aromatic heterocycles. The molecule has 0 aliphatic heterocycles. The van der Waals surface area contributed by atoms with Gasteiger partial charge in [0.1, 0.15) is 10.0 Å². The van der Waals surface area contributed by atoms with Crippen LogP contribution in [0.1, 0.15) is 24.2 Å². The number of aliphatic hydroxyl groups is 1. The number of alkyl halides is 2. The maximum absolute atomic E-state index is 12.4. The molecule has 1 atom stereocenters. The topological polar surface area (TPSA) is 65.6 Å². The Balaban J connectivity index is 2.27. The monoisotopic (exact) mass is 393 g/mol. The van der Waals surface area contributed by atoms with Gasteiger partial charge in [-0.1, -0.05) is 29.3 Å². The first-order chi connectivity index (χ1) is 11.8. The molecule has 5 nitrogen and oxygen atoms in total. The predicted octanol–water partition coefficient (Wildman–Crippen LogP) is 3.90. The summed E-state index contributed by atoms with van der Waals surface area (Å²) in [4.78, 5) is 0. The molecule has 0 bridgehead atoms. The van der Waals surface area contributed by atoms with Crippen LogP contribution in [-0.4, -0.2) is 18.3 Å². The minimum atomic E-state index is -2.99. The molecule has 136 valence electrons. The molecule has 0 aliphatic rings. The highest BCUT2D eigenvalue weighted by atomic mass is 35.5. The van der Waals surface area contributed by atoms with Crippen molar-refractivity contribution in [3.63, 3.8) is 0 Å². The second-order valence-electron chi connectivity index (χ2n) is 5.03. The minimum Gasteiger partial charge on any atom is -0.619 e. The molecule has 0 fully saturated rings. The average molecular weight is 394 g/mol. The van der Waals surface area contributed by atoms with Crippen molar-refractivity contribution >= 4 is 23.2 Å². The predicted molar refractivity (Wildman–Crippen MR) is 88.3 cm³/mol. The van der Waals surface area contributed by atoms with Gasteiger partial charge in [0.15, 0.2) is 23.9 Å². The minimum absolute atomic E-state index is 0.0269. The molecule has 0 saturated heterocycles. The van der Waals surface area contributed by atoms with Crippen molar-refractivity contribution < 1.29 is 28.1 Å². The highest BCUT2D eigenvalue weighted by Gasteiger charge is 2.19. The van der Waals surface area contributed by atoms with Gasteiger partial charge in [0.05, 0.1) is 12.7 Å². The van der Waals surface area contributed by atoms with E-state index in [0.717, 1.165) is 12.4 Å². The molecule has 0 saturated carbocycles. The van der Waals surface area contributed by atoms with Crippen molar-refractivity contribution in [2.45, 2.75) is 26.1 Å². The van der Waals surface area contributed by atoms with E-state index in [-0.39, 0.29) is 34.6 Å². The Morgan fingerprint density at radius 3 is 2.40 bits per heavy atom. The van der Waals surface area contributed by atoms with E-state index in [1.807, 2.05) is 0 Å². The van der Waals surface area contributed by atoms with Gasteiger partial charge in [0.25, 0.3) is 0 Å². The summed E-state index contributed by atoms with van der Waals surface area (Å²) in [5, 5.41) is 21.9. The lowest BCUT2D eigenvalue weighted by atomic mass is 10.0. The molecular weight excluding hydrogens is 379 g/mol. The molecule has 0 amide bonds. The standard InChI is InChI=1S/C16H15Cl2F2NO4/c1-2-24-15-5-9(3-4-14(15)25-16(19)20)13(22)6-10-11(17)7-21(23)8-12(10)18/h3-5,7-8,13,16,22H,2,6H2,1H3/t13-/m0/s1. The van der Waals surface area contributed by atoms with Crippen molar-refractivity contribution in [3.8, 4) is 11.5 Å². The maximum atomic E-state index is 12.4. The van der Waals surface area contributed by atoms with Crippen LogP contribution in [-0.2, 0) is 6.42 Å². The Kier molecular flexibility index (Phi) is 6.64. The first-order valence-corrected chi connectivity index (χ1v) is 8.03. The summed E-state index contributed by atoms with van der Waals surface area (Å²) in [6.45, 7) is -1.06. The van der Waals surface area contributed by atoms with Gasteiger partial charge in [-0.15, -0.1) is 0 Å². The van der Waals surface area contributed by atoms with E-state index in [1.54, 1.807) is 6.92 Å². The quantitative estimate of drug-likeness (QED) is 0.572. The molecule has 0 radical (unpaired) electrons. The fourth-order valence-corrected chi connectivity index (χ4v) is 2.83. The summed E-state index contributed by atoms with van der Waals surface area (Å²) < 4.78 is 35.0. The van der Waals surface area contributed by atoms with Crippen LogP contribution in [0.25, 0.3) is 0 Å². The van der Waals surface area contributed by atoms with Crippen LogP contribution in [0.15, 0.2) is 30.6 Å². The number of nitrogens with zero attached hydrogens (tertiary/aromatic N) is 1. The largest absolute Gasteiger partial charge is 0.619 e. The number of hydrogen-bond donors (Lipinski definition) is 1. The zero-order valence-corrected chi connectivity index (χ0v) is 14.6. The highest BCUT2D eigenvalue weighted by molar-refractivity contribution is 6.35. The summed E-state index contributed by atoms with van der Waals surface area (Å²) >= 11 is 12.0. The lowest BCUT2D eigenvalue weighted by Gasteiger charge is -2.16. The third kappa shape index (κ3) is 5.07. The first kappa shape index (κ1) is 19.5. The van der Waals surface area contributed by atoms with Gasteiger partial charge in [-0.3, -0.25) is 0 Å². The van der Waals surface area contributed by atoms with E-state index in [0.29, 0.717) is 15.9 Å². The fraction of sp³-hybridized carbons (Fsp3) is 0.312. The van der Waals surface area contributed by atoms with Crippen LogP contribution >= 0.6 is 23.2 Å². The molecule has 9 heteroatoms. The molecule has 1 aromatic carbocycles. The summed E-state index contributed by atoms with van der Waals surface area (Å²) in [6, 6.07) is 4.13. The van der Waals surface area contributed by atoms with Gasteiger partial charge >= 0.3 is 6.61 Å². The number of aromatic nitrogens is 1. The van der Waals surface area contributed by atoms with Gasteiger partial charge in [0.2, 0.25) is 0 Å². The number of benzene rings is 1. The molecule has 25 heavy (non-hydrogen) atoms. The zero-order valence-electron chi connectivity index (χ0n) is 13.1. The molecule has 0 spiro atoms. The Morgan fingerprint density at radius 1 is 1.20 bits per heavy atom. The van der Waals surface area contributed by atoms with Crippen LogP contribution in [0.4, 0.5) is 8.78 Å². The Hall–Kier alpha value is -1.83. The van der Waals surface area contributed by atoms with Gasteiger partial charge < -0.3 is 19.8 Å². The maximum Gasteiger partial charge on any atom is 0.387 e. The molecule has 0 unspecified atom stereocenters. The van der Waals surface area contributed by atoms with Crippen molar-refractivity contribution in [3.05, 3.63) is 57.0 Å². The Bertz CT molecular complexity index is 723. The van der Waals surface area contributed by atoms with E-state index in [9.17, 15) is 19.1 Å². The number of hydrogen-bond acceptors (Lipinski definition) is 4. The van der Waals surface area contributed by atoms with Gasteiger partial charge in [-0.05, 0) is 24.6 Å². The van der Waals surface area contributed by atoms with Crippen molar-refractivity contribution in [2.75, 3.05) is 6.61 Å². The molecule has 2 aromatic rings. The second kappa shape index (κ2) is 8.51. The second-order valence-corrected chi connectivity index (χ2v) is 5.84. The Morgan fingerprint density at radius 2 is 1.84 bits per heavy atom. The lowest BCUT2D eigenvalue weighted by Crippen LogP contribution is -2.25. The van der Waals surface area contributed by atoms with Gasteiger partial charge in [-0.25, -0.2) is 0 Å². The average Bonchev–Trinajstić information content (AvgIpc) is 2.52. The van der Waals surface area contributed by atoms with Crippen LogP contribution in [0, 0.1) is 5.21 Å². The number of aliphatic hydroxyl groups excluding tert-OH is 1. The van der Waals surface area contributed by atoms with Crippen LogP contribution in [0.5, 0.6) is 11.5 Å². The van der Waals surface area contributed by atoms with Crippen molar-refractivity contribution in [2.24, 2.45) is 0 Å². The van der Waals surface area contributed by atoms with E-state index in [2.05, 4.69) is 4.74 Å². The Labute approximate surface area is 152 Å². The number of halogens is 4. The smallest absolute Gasteiger partial charge is 0.387 e. The molecule has 0 aliphatic carbocycles. The number of rotatable bonds is 7. The molecule has 1 N–H and O–H groups in total. The SMILES string of the molecule is CCOc1cc([C@@H](O)Cc2c(Cl)c[n+]([O-])cc2Cl)ccc1OC(F)F. The van der Waals surface area contributed by atoms with Crippen LogP contribution in [0.2, 0.25) is 10.0 Å². The highest BCUT2D eigenvalue weighted by Crippen LogP contribution is 2.34.